The van der Waals surface area contributed by atoms with E-state index in [1.807, 2.05) is 25.1 Å². The Labute approximate surface area is 93.4 Å². The summed E-state index contributed by atoms with van der Waals surface area (Å²) in [4.78, 5) is 11.9. The Morgan fingerprint density at radius 1 is 1.13 bits per heavy atom. The Kier molecular flexibility index (Phi) is 2.69. The first-order valence-corrected chi connectivity index (χ1v) is 5.70. The lowest BCUT2D eigenvalue weighted by Gasteiger charge is -2.05. The normalized spacial score (nSPS) is 10.3. The molecular weight excluding hydrogens is 204 g/mol. The van der Waals surface area contributed by atoms with Crippen molar-refractivity contribution < 1.29 is 4.79 Å². The van der Waals surface area contributed by atoms with Crippen LogP contribution < -0.4 is 0 Å². The molecule has 0 fully saturated rings. The predicted octanol–water partition coefficient (Wildman–Crippen LogP) is 3.84. The van der Waals surface area contributed by atoms with Gasteiger partial charge >= 0.3 is 0 Å². The quantitative estimate of drug-likeness (QED) is 0.697. The maximum atomic E-state index is 10.6. The van der Waals surface area contributed by atoms with Gasteiger partial charge in [0.05, 0.1) is 0 Å². The molecule has 1 heterocycles. The molecule has 0 amide bonds. The minimum absolute atomic E-state index is 0.740. The van der Waals surface area contributed by atoms with Crippen LogP contribution in [0, 0.1) is 13.8 Å². The van der Waals surface area contributed by atoms with Crippen LogP contribution in [0.4, 0.5) is 0 Å². The van der Waals surface area contributed by atoms with E-state index in [-0.39, 0.29) is 0 Å². The molecule has 0 aliphatic rings. The van der Waals surface area contributed by atoms with Crippen molar-refractivity contribution in [3.8, 4) is 11.1 Å². The molecular formula is C13H12OS. The van der Waals surface area contributed by atoms with Crippen molar-refractivity contribution >= 4 is 17.6 Å². The summed E-state index contributed by atoms with van der Waals surface area (Å²) < 4.78 is 0. The summed E-state index contributed by atoms with van der Waals surface area (Å²) in [7, 11) is 0. The average Bonchev–Trinajstić information content (AvgIpc) is 2.64. The van der Waals surface area contributed by atoms with Gasteiger partial charge in [-0.05, 0) is 48.1 Å². The molecule has 0 unspecified atom stereocenters. The summed E-state index contributed by atoms with van der Waals surface area (Å²) >= 11 is 1.75. The minimum atomic E-state index is 0.740. The molecule has 1 aromatic carbocycles. The maximum Gasteiger partial charge on any atom is 0.150 e. The molecule has 0 radical (unpaired) electrons. The first-order valence-electron chi connectivity index (χ1n) is 4.82. The van der Waals surface area contributed by atoms with E-state index in [0.717, 1.165) is 17.4 Å². The zero-order valence-corrected chi connectivity index (χ0v) is 9.60. The van der Waals surface area contributed by atoms with Crippen molar-refractivity contribution in [3.05, 3.63) is 45.6 Å². The summed E-state index contributed by atoms with van der Waals surface area (Å²) in [5.74, 6) is 0. The SMILES string of the molecule is Cc1cc(C=O)ccc1-c1ccsc1C. The van der Waals surface area contributed by atoms with Crippen molar-refractivity contribution in [2.24, 2.45) is 0 Å². The second-order valence-electron chi connectivity index (χ2n) is 3.58. The summed E-state index contributed by atoms with van der Waals surface area (Å²) in [6.07, 6.45) is 0.886. The molecule has 1 nitrogen and oxygen atoms in total. The summed E-state index contributed by atoms with van der Waals surface area (Å²) in [5, 5.41) is 2.09. The maximum absolute atomic E-state index is 10.6. The Hall–Kier alpha value is -1.41. The Bertz CT molecular complexity index is 497. The molecule has 0 atom stereocenters. The summed E-state index contributed by atoms with van der Waals surface area (Å²) in [6, 6.07) is 7.95. The van der Waals surface area contributed by atoms with Crippen LogP contribution in [0.3, 0.4) is 0 Å². The molecule has 0 bridgehead atoms. The summed E-state index contributed by atoms with van der Waals surface area (Å²) in [6.45, 7) is 4.16. The van der Waals surface area contributed by atoms with Gasteiger partial charge in [0, 0.05) is 10.4 Å². The molecule has 2 rings (SSSR count). The third-order valence-corrected chi connectivity index (χ3v) is 3.38. The number of benzene rings is 1. The standard InChI is InChI=1S/C13H12OS/c1-9-7-11(8-14)3-4-12(9)13-5-6-15-10(13)2/h3-8H,1-2H3. The van der Waals surface area contributed by atoms with Gasteiger partial charge in [-0.25, -0.2) is 0 Å². The fourth-order valence-corrected chi connectivity index (χ4v) is 2.44. The third kappa shape index (κ3) is 1.85. The van der Waals surface area contributed by atoms with Crippen LogP contribution in [0.1, 0.15) is 20.8 Å². The molecule has 0 saturated carbocycles. The van der Waals surface area contributed by atoms with Crippen molar-refractivity contribution in [3.63, 3.8) is 0 Å². The Morgan fingerprint density at radius 2 is 1.93 bits per heavy atom. The molecule has 0 N–H and O–H groups in total. The lowest BCUT2D eigenvalue weighted by atomic mass is 9.99. The zero-order chi connectivity index (χ0) is 10.8. The van der Waals surface area contributed by atoms with Gasteiger partial charge in [0.2, 0.25) is 0 Å². The van der Waals surface area contributed by atoms with Crippen molar-refractivity contribution in [1.29, 1.82) is 0 Å². The zero-order valence-electron chi connectivity index (χ0n) is 8.78. The van der Waals surface area contributed by atoms with E-state index in [4.69, 9.17) is 0 Å². The van der Waals surface area contributed by atoms with Crippen LogP contribution in [0.2, 0.25) is 0 Å². The minimum Gasteiger partial charge on any atom is -0.298 e. The van der Waals surface area contributed by atoms with Crippen LogP contribution in [0.5, 0.6) is 0 Å². The molecule has 15 heavy (non-hydrogen) atoms. The fourth-order valence-electron chi connectivity index (χ4n) is 1.73. The fraction of sp³-hybridized carbons (Fsp3) is 0.154. The smallest absolute Gasteiger partial charge is 0.150 e. The highest BCUT2D eigenvalue weighted by atomic mass is 32.1. The van der Waals surface area contributed by atoms with E-state index in [9.17, 15) is 4.79 Å². The van der Waals surface area contributed by atoms with Gasteiger partial charge in [-0.3, -0.25) is 4.79 Å². The number of aldehydes is 1. The van der Waals surface area contributed by atoms with Crippen LogP contribution in [-0.2, 0) is 0 Å². The highest BCUT2D eigenvalue weighted by Crippen LogP contribution is 2.30. The van der Waals surface area contributed by atoms with E-state index in [2.05, 4.69) is 18.4 Å². The second kappa shape index (κ2) is 3.99. The van der Waals surface area contributed by atoms with Crippen LogP contribution in [-0.4, -0.2) is 6.29 Å². The molecule has 76 valence electrons. The van der Waals surface area contributed by atoms with Gasteiger partial charge < -0.3 is 0 Å². The summed E-state index contributed by atoms with van der Waals surface area (Å²) in [5.41, 5.74) is 4.39. The van der Waals surface area contributed by atoms with Crippen molar-refractivity contribution in [1.82, 2.24) is 0 Å². The molecule has 0 spiro atoms. The molecule has 0 saturated heterocycles. The topological polar surface area (TPSA) is 17.1 Å². The lowest BCUT2D eigenvalue weighted by Crippen LogP contribution is -1.86. The van der Waals surface area contributed by atoms with E-state index >= 15 is 0 Å². The van der Waals surface area contributed by atoms with Crippen molar-refractivity contribution in [2.45, 2.75) is 13.8 Å². The van der Waals surface area contributed by atoms with Gasteiger partial charge in [-0.1, -0.05) is 12.1 Å². The number of aryl methyl sites for hydroxylation is 2. The van der Waals surface area contributed by atoms with Gasteiger partial charge in [0.25, 0.3) is 0 Å². The monoisotopic (exact) mass is 216 g/mol. The van der Waals surface area contributed by atoms with Gasteiger partial charge in [-0.2, -0.15) is 0 Å². The van der Waals surface area contributed by atoms with Crippen LogP contribution in [0.25, 0.3) is 11.1 Å². The Morgan fingerprint density at radius 3 is 2.47 bits per heavy atom. The van der Waals surface area contributed by atoms with Gasteiger partial charge in [0.1, 0.15) is 6.29 Å². The number of rotatable bonds is 2. The largest absolute Gasteiger partial charge is 0.298 e. The van der Waals surface area contributed by atoms with Gasteiger partial charge in [0.15, 0.2) is 0 Å². The highest BCUT2D eigenvalue weighted by Gasteiger charge is 2.06. The lowest BCUT2D eigenvalue weighted by molar-refractivity contribution is 0.112. The second-order valence-corrected chi connectivity index (χ2v) is 4.70. The van der Waals surface area contributed by atoms with Crippen molar-refractivity contribution in [2.75, 3.05) is 0 Å². The van der Waals surface area contributed by atoms with E-state index < -0.39 is 0 Å². The number of hydrogen-bond donors (Lipinski definition) is 0. The van der Waals surface area contributed by atoms with Crippen LogP contribution in [0.15, 0.2) is 29.6 Å². The first kappa shape index (κ1) is 10.1. The number of hydrogen-bond acceptors (Lipinski definition) is 2. The average molecular weight is 216 g/mol. The molecule has 2 heteroatoms. The molecule has 0 aliphatic carbocycles. The highest BCUT2D eigenvalue weighted by molar-refractivity contribution is 7.10. The molecule has 1 aromatic heterocycles. The molecule has 0 aliphatic heterocycles. The van der Waals surface area contributed by atoms with E-state index in [1.165, 1.54) is 16.0 Å². The number of carbonyl (C=O) groups is 1. The molecule has 2 aromatic rings. The number of carbonyl (C=O) groups excluding carboxylic acids is 1. The van der Waals surface area contributed by atoms with E-state index in [0.29, 0.717) is 0 Å². The van der Waals surface area contributed by atoms with Crippen LogP contribution >= 0.6 is 11.3 Å². The first-order chi connectivity index (χ1) is 7.22. The number of thiophene rings is 1. The third-order valence-electron chi connectivity index (χ3n) is 2.54. The Balaban J connectivity index is 2.55. The predicted molar refractivity (Wildman–Crippen MR) is 64.6 cm³/mol. The van der Waals surface area contributed by atoms with Gasteiger partial charge in [-0.15, -0.1) is 11.3 Å². The van der Waals surface area contributed by atoms with E-state index in [1.54, 1.807) is 11.3 Å².